The highest BCUT2D eigenvalue weighted by Gasteiger charge is 2.20. The molecule has 0 saturated heterocycles. The van der Waals surface area contributed by atoms with Gasteiger partial charge in [0, 0.05) is 19.6 Å². The maximum atomic E-state index is 12.3. The molecule has 1 aromatic heterocycles. The van der Waals surface area contributed by atoms with Gasteiger partial charge in [0.15, 0.2) is 0 Å². The van der Waals surface area contributed by atoms with Crippen LogP contribution in [0.15, 0.2) is 6.07 Å². The predicted molar refractivity (Wildman–Crippen MR) is 67.9 cm³/mol. The lowest BCUT2D eigenvalue weighted by molar-refractivity contribution is 0.0726. The van der Waals surface area contributed by atoms with Crippen LogP contribution >= 0.6 is 0 Å². The van der Waals surface area contributed by atoms with Crippen LogP contribution in [0.5, 0.6) is 0 Å². The molecule has 0 aliphatic carbocycles. The van der Waals surface area contributed by atoms with Crippen molar-refractivity contribution in [3.05, 3.63) is 17.5 Å². The molecule has 1 heterocycles. The molecule has 1 rings (SSSR count). The molecule has 1 unspecified atom stereocenters. The molecule has 0 aliphatic rings. The largest absolute Gasteiger partial charge is 0.338 e. The summed E-state index contributed by atoms with van der Waals surface area (Å²) in [6.07, 6.45) is 0.807. The summed E-state index contributed by atoms with van der Waals surface area (Å²) in [7, 11) is 1.81. The Morgan fingerprint density at radius 2 is 2.29 bits per heavy atom. The Labute approximate surface area is 103 Å². The Morgan fingerprint density at radius 1 is 1.65 bits per heavy atom. The fourth-order valence-corrected chi connectivity index (χ4v) is 1.77. The molecule has 0 bridgehead atoms. The zero-order valence-corrected chi connectivity index (χ0v) is 11.1. The van der Waals surface area contributed by atoms with E-state index in [0.717, 1.165) is 12.1 Å². The molecular formula is C12H22N4O. The van der Waals surface area contributed by atoms with Crippen LogP contribution in [0.25, 0.3) is 0 Å². The van der Waals surface area contributed by atoms with E-state index in [-0.39, 0.29) is 11.9 Å². The zero-order valence-electron chi connectivity index (χ0n) is 11.1. The van der Waals surface area contributed by atoms with E-state index in [1.807, 2.05) is 33.9 Å². The first-order chi connectivity index (χ1) is 8.01. The van der Waals surface area contributed by atoms with Gasteiger partial charge in [0.2, 0.25) is 0 Å². The normalized spacial score (nSPS) is 12.5. The van der Waals surface area contributed by atoms with Crippen molar-refractivity contribution in [2.75, 3.05) is 13.6 Å². The van der Waals surface area contributed by atoms with Gasteiger partial charge in [-0.2, -0.15) is 5.10 Å². The Kier molecular flexibility index (Phi) is 4.69. The average molecular weight is 238 g/mol. The van der Waals surface area contributed by atoms with Crippen LogP contribution in [0, 0.1) is 6.92 Å². The second-order valence-corrected chi connectivity index (χ2v) is 4.33. The van der Waals surface area contributed by atoms with Crippen LogP contribution in [-0.2, 0) is 6.54 Å². The standard InChI is InChI=1S/C12H22N4O/c1-5-16-11(8-9(2)14-16)12(17)15(4)10(3)6-7-13/h8,10H,5-7,13H2,1-4H3. The highest BCUT2D eigenvalue weighted by Crippen LogP contribution is 2.10. The van der Waals surface area contributed by atoms with E-state index in [2.05, 4.69) is 5.10 Å². The Balaban J connectivity index is 2.87. The minimum atomic E-state index is 0.00778. The first-order valence-corrected chi connectivity index (χ1v) is 6.02. The van der Waals surface area contributed by atoms with E-state index in [0.29, 0.717) is 18.8 Å². The number of nitrogens with zero attached hydrogens (tertiary/aromatic N) is 3. The molecule has 5 heteroatoms. The van der Waals surface area contributed by atoms with Gasteiger partial charge in [-0.1, -0.05) is 0 Å². The van der Waals surface area contributed by atoms with Gasteiger partial charge < -0.3 is 10.6 Å². The maximum absolute atomic E-state index is 12.3. The van der Waals surface area contributed by atoms with Crippen molar-refractivity contribution >= 4 is 5.91 Å². The van der Waals surface area contributed by atoms with Crippen LogP contribution in [0.1, 0.15) is 36.5 Å². The minimum Gasteiger partial charge on any atom is -0.338 e. The number of aryl methyl sites for hydroxylation is 2. The van der Waals surface area contributed by atoms with Gasteiger partial charge in [0.25, 0.3) is 5.91 Å². The molecule has 0 aromatic carbocycles. The SMILES string of the molecule is CCn1nc(C)cc1C(=O)N(C)C(C)CCN. The maximum Gasteiger partial charge on any atom is 0.272 e. The van der Waals surface area contributed by atoms with Crippen LogP contribution < -0.4 is 5.73 Å². The van der Waals surface area contributed by atoms with Gasteiger partial charge in [-0.3, -0.25) is 9.48 Å². The van der Waals surface area contributed by atoms with Gasteiger partial charge in [0.1, 0.15) is 5.69 Å². The molecule has 1 amide bonds. The quantitative estimate of drug-likeness (QED) is 0.833. The summed E-state index contributed by atoms with van der Waals surface area (Å²) in [6.45, 7) is 7.17. The summed E-state index contributed by atoms with van der Waals surface area (Å²) in [4.78, 5) is 14.0. The average Bonchev–Trinajstić information content (AvgIpc) is 2.68. The van der Waals surface area contributed by atoms with E-state index in [9.17, 15) is 4.79 Å². The second-order valence-electron chi connectivity index (χ2n) is 4.33. The molecule has 17 heavy (non-hydrogen) atoms. The van der Waals surface area contributed by atoms with E-state index in [4.69, 9.17) is 5.73 Å². The summed E-state index contributed by atoms with van der Waals surface area (Å²) in [5.41, 5.74) is 7.03. The highest BCUT2D eigenvalue weighted by molar-refractivity contribution is 5.92. The summed E-state index contributed by atoms with van der Waals surface area (Å²) >= 11 is 0. The third-order valence-corrected chi connectivity index (χ3v) is 2.99. The van der Waals surface area contributed by atoms with Gasteiger partial charge in [0.05, 0.1) is 5.69 Å². The lowest BCUT2D eigenvalue weighted by atomic mass is 10.2. The number of nitrogens with two attached hydrogens (primary N) is 1. The summed E-state index contributed by atoms with van der Waals surface area (Å²) in [5, 5.41) is 4.28. The first kappa shape index (κ1) is 13.7. The number of hydrogen-bond acceptors (Lipinski definition) is 3. The fourth-order valence-electron chi connectivity index (χ4n) is 1.77. The van der Waals surface area contributed by atoms with Crippen LogP contribution in [0.3, 0.4) is 0 Å². The number of carbonyl (C=O) groups is 1. The molecular weight excluding hydrogens is 216 g/mol. The first-order valence-electron chi connectivity index (χ1n) is 6.02. The highest BCUT2D eigenvalue weighted by atomic mass is 16.2. The number of amides is 1. The van der Waals surface area contributed by atoms with E-state index in [1.54, 1.807) is 9.58 Å². The predicted octanol–water partition coefficient (Wildman–Crippen LogP) is 1.02. The fraction of sp³-hybridized carbons (Fsp3) is 0.667. The second kappa shape index (κ2) is 5.82. The monoisotopic (exact) mass is 238 g/mol. The molecule has 1 aromatic rings. The number of hydrogen-bond donors (Lipinski definition) is 1. The molecule has 5 nitrogen and oxygen atoms in total. The van der Waals surface area contributed by atoms with Crippen LogP contribution in [-0.4, -0.2) is 40.2 Å². The van der Waals surface area contributed by atoms with E-state index in [1.165, 1.54) is 0 Å². The smallest absolute Gasteiger partial charge is 0.272 e. The number of rotatable bonds is 5. The molecule has 0 saturated carbocycles. The lowest BCUT2D eigenvalue weighted by Crippen LogP contribution is -2.37. The van der Waals surface area contributed by atoms with Crippen LogP contribution in [0.2, 0.25) is 0 Å². The zero-order chi connectivity index (χ0) is 13.0. The molecule has 0 aliphatic heterocycles. The molecule has 2 N–H and O–H groups in total. The van der Waals surface area contributed by atoms with Crippen molar-refractivity contribution in [3.8, 4) is 0 Å². The molecule has 96 valence electrons. The Bertz CT molecular complexity index is 386. The summed E-state index contributed by atoms with van der Waals surface area (Å²) < 4.78 is 1.74. The number of aromatic nitrogens is 2. The van der Waals surface area contributed by atoms with Gasteiger partial charge in [-0.25, -0.2) is 0 Å². The molecule has 0 fully saturated rings. The van der Waals surface area contributed by atoms with Crippen molar-refractivity contribution < 1.29 is 4.79 Å². The summed E-state index contributed by atoms with van der Waals surface area (Å²) in [6, 6.07) is 1.98. The third-order valence-electron chi connectivity index (χ3n) is 2.99. The third kappa shape index (κ3) is 3.06. The van der Waals surface area contributed by atoms with Gasteiger partial charge in [-0.15, -0.1) is 0 Å². The van der Waals surface area contributed by atoms with Crippen molar-refractivity contribution in [1.82, 2.24) is 14.7 Å². The molecule has 0 radical (unpaired) electrons. The topological polar surface area (TPSA) is 64.2 Å². The van der Waals surface area contributed by atoms with Crippen molar-refractivity contribution in [2.24, 2.45) is 5.73 Å². The lowest BCUT2D eigenvalue weighted by Gasteiger charge is -2.24. The van der Waals surface area contributed by atoms with Crippen molar-refractivity contribution in [1.29, 1.82) is 0 Å². The number of carbonyl (C=O) groups excluding carboxylic acids is 1. The van der Waals surface area contributed by atoms with Crippen molar-refractivity contribution in [2.45, 2.75) is 39.8 Å². The molecule has 1 atom stereocenters. The molecule has 0 spiro atoms. The van der Waals surface area contributed by atoms with Gasteiger partial charge in [-0.05, 0) is 39.8 Å². The van der Waals surface area contributed by atoms with Gasteiger partial charge >= 0.3 is 0 Å². The minimum absolute atomic E-state index is 0.00778. The Morgan fingerprint density at radius 3 is 2.82 bits per heavy atom. The Hall–Kier alpha value is -1.36. The van der Waals surface area contributed by atoms with Crippen LogP contribution in [0.4, 0.5) is 0 Å². The van der Waals surface area contributed by atoms with E-state index >= 15 is 0 Å². The van der Waals surface area contributed by atoms with E-state index < -0.39 is 0 Å². The van der Waals surface area contributed by atoms with Crippen molar-refractivity contribution in [3.63, 3.8) is 0 Å². The summed E-state index contributed by atoms with van der Waals surface area (Å²) in [5.74, 6) is 0.00778.